The topological polar surface area (TPSA) is 262 Å². The number of hydrogen-bond donors (Lipinski definition) is 1. The lowest BCUT2D eigenvalue weighted by molar-refractivity contribution is -0.207. The molecule has 17 nitrogen and oxygen atoms in total. The van der Waals surface area contributed by atoms with Gasteiger partial charge in [-0.15, -0.1) is 6.54 Å². The maximum Gasteiger partial charge on any atom is 0.428 e. The second kappa shape index (κ2) is 46.0. The quantitative estimate of drug-likeness (QED) is 0.00733. The number of carbonyl (C=O) groups excluding carboxylic acids is 5. The van der Waals surface area contributed by atoms with Crippen molar-refractivity contribution in [2.24, 2.45) is 40.4 Å². The molecule has 684 valence electrons. The fourth-order valence-corrected chi connectivity index (χ4v) is 24.7. The van der Waals surface area contributed by atoms with Gasteiger partial charge >= 0.3 is 35.1 Å². The molecule has 1 N–H and O–H groups in total. The smallest absolute Gasteiger partial charge is 0.428 e. The third kappa shape index (κ3) is 27.4. The number of hydrogen-bond acceptors (Lipinski definition) is 15. The minimum absolute atomic E-state index is 0. The van der Waals surface area contributed by atoms with E-state index in [1.54, 1.807) is 14.0 Å². The minimum atomic E-state index is -6.10. The van der Waals surface area contributed by atoms with Gasteiger partial charge in [0.15, 0.2) is 54.2 Å². The molecule has 8 aliphatic rings. The minimum Gasteiger partial charge on any atom is -0.743 e. The van der Waals surface area contributed by atoms with Crippen LogP contribution in [0.15, 0.2) is 359 Å². The highest BCUT2D eigenvalue weighted by atomic mass is 32.2. The van der Waals surface area contributed by atoms with Gasteiger partial charge in [0.05, 0.1) is 56.9 Å². The number of aliphatic hydroxyl groups is 1. The fourth-order valence-electron chi connectivity index (χ4n) is 17.2. The Morgan fingerprint density at radius 1 is 0.519 bits per heavy atom. The molecule has 4 atom stereocenters. The van der Waals surface area contributed by atoms with Crippen LogP contribution in [0.1, 0.15) is 125 Å². The first kappa shape index (κ1) is 102. The van der Waals surface area contributed by atoms with Crippen molar-refractivity contribution in [2.75, 3.05) is 33.4 Å². The summed E-state index contributed by atoms with van der Waals surface area (Å²) >= 11 is 0. The summed E-state index contributed by atoms with van der Waals surface area (Å²) in [6.07, 6.45) is 8.71. The van der Waals surface area contributed by atoms with Crippen LogP contribution in [0.2, 0.25) is 0 Å². The van der Waals surface area contributed by atoms with Crippen LogP contribution in [0.4, 0.5) is 17.6 Å². The molecule has 0 amide bonds. The van der Waals surface area contributed by atoms with Gasteiger partial charge in [-0.3, -0.25) is 9.59 Å². The second-order valence-corrected chi connectivity index (χ2v) is 42.4. The van der Waals surface area contributed by atoms with E-state index in [1.807, 2.05) is 45.0 Å². The van der Waals surface area contributed by atoms with Gasteiger partial charge in [-0.1, -0.05) is 205 Å². The predicted molar refractivity (Wildman–Crippen MR) is 500 cm³/mol. The molecule has 10 aromatic carbocycles. The van der Waals surface area contributed by atoms with Gasteiger partial charge in [0, 0.05) is 27.7 Å². The van der Waals surface area contributed by atoms with Gasteiger partial charge in [0.1, 0.15) is 27.2 Å². The Morgan fingerprint density at radius 2 is 0.891 bits per heavy atom. The molecule has 0 aliphatic heterocycles. The molecule has 8 saturated carbocycles. The van der Waals surface area contributed by atoms with Crippen molar-refractivity contribution in [1.82, 2.24) is 0 Å². The van der Waals surface area contributed by atoms with Crippen LogP contribution in [-0.2, 0) is 91.0 Å². The number of alkyl halides is 4. The number of benzene rings is 10. The number of Topliss-reactive ketones (excluding diaryl/α,β-unsaturated/α-hetero) is 1. The summed E-state index contributed by atoms with van der Waals surface area (Å²) in [5.41, 5.74) is -1.87. The Bertz CT molecular complexity index is 5170. The third-order valence-corrected chi connectivity index (χ3v) is 31.9. The first-order chi connectivity index (χ1) is 60.6. The van der Waals surface area contributed by atoms with Crippen molar-refractivity contribution < 1.29 is 87.0 Å². The number of carbonyl (C=O) groups is 5. The van der Waals surface area contributed by atoms with Gasteiger partial charge in [0.2, 0.25) is 0 Å². The van der Waals surface area contributed by atoms with Crippen LogP contribution in [0.3, 0.4) is 0 Å². The molecule has 10 aromatic rings. The molecule has 18 rings (SSSR count). The molecule has 8 aliphatic carbocycles. The lowest BCUT2D eigenvalue weighted by Crippen LogP contribution is -2.58. The van der Waals surface area contributed by atoms with E-state index in [9.17, 15) is 68.0 Å². The maximum atomic E-state index is 14.4. The molecule has 8 fully saturated rings. The van der Waals surface area contributed by atoms with Gasteiger partial charge < -0.3 is 38.6 Å². The molecule has 26 heteroatoms. The van der Waals surface area contributed by atoms with Crippen molar-refractivity contribution in [3.8, 4) is 5.75 Å². The van der Waals surface area contributed by atoms with E-state index in [2.05, 4.69) is 271 Å². The Hall–Kier alpha value is -10.3. The molecule has 0 spiro atoms. The maximum absolute atomic E-state index is 14.4. The number of nitrogens with zero attached hydrogens (tertiary/aromatic N) is 2. The van der Waals surface area contributed by atoms with Crippen LogP contribution in [0.25, 0.3) is 16.1 Å². The van der Waals surface area contributed by atoms with Crippen molar-refractivity contribution >= 4 is 88.6 Å². The van der Waals surface area contributed by atoms with E-state index in [0.717, 1.165) is 25.7 Å². The third-order valence-electron chi connectivity index (χ3n) is 23.0. The number of ketones is 1. The average molecular weight is 1860 g/mol. The molecule has 0 saturated heterocycles. The molecular formula is C103H114F4N2O15S5. The van der Waals surface area contributed by atoms with Gasteiger partial charge in [-0.25, -0.2) is 31.2 Å². The summed E-state index contributed by atoms with van der Waals surface area (Å²) in [6, 6.07) is 98.6. The summed E-state index contributed by atoms with van der Waals surface area (Å²) in [5.74, 6) is -7.71. The summed E-state index contributed by atoms with van der Waals surface area (Å²) in [5, 5.41) is 9.17. The van der Waals surface area contributed by atoms with Crippen molar-refractivity contribution in [1.29, 1.82) is 0 Å². The highest BCUT2D eigenvalue weighted by molar-refractivity contribution is 7.97. The van der Waals surface area contributed by atoms with Gasteiger partial charge in [0.25, 0.3) is 0 Å². The number of likely N-dealkylation sites (N-methyl/N-ethyl adjacent to an activating group) is 1. The van der Waals surface area contributed by atoms with Crippen LogP contribution >= 0.6 is 0 Å². The summed E-state index contributed by atoms with van der Waals surface area (Å²) in [4.78, 5) is 70.3. The molecule has 0 radical (unpaired) electrons. The molecule has 4 unspecified atom stereocenters. The normalized spacial score (nSPS) is 20.2. The van der Waals surface area contributed by atoms with Gasteiger partial charge in [-0.05, 0) is 255 Å². The zero-order valence-electron chi connectivity index (χ0n) is 71.5. The Kier molecular flexibility index (Phi) is 36.6. The SMILES string of the molecule is C.C.C=C(C)C(=O)OCC[N-]C.C=Cc1ccc(S(=O)(=O)[N-]CC(F)(F)C(=O)OC23CC4CC(C2)C(=O)C(C4)C3)cc1.CCC(C)(C)C(=O)Oc1ccc([S+](c2ccccc2)c2ccccc2)cc1.O=C(OCC12CC3CC(CC(O)(C3)C1)C2)C(F)(F)S(=O)(=O)[O-].c1ccc([S+](c2ccccc2)c2ccccc2)cc1.c1ccc([S+](c2ccccc2)c2ccccc2)cc1. The summed E-state index contributed by atoms with van der Waals surface area (Å²) in [7, 11) is -9.00. The molecular weight excluding hydrogens is 1740 g/mol. The first-order valence-electron chi connectivity index (χ1n) is 42.0. The lowest BCUT2D eigenvalue weighted by Gasteiger charge is -2.59. The number of rotatable bonds is 27. The van der Waals surface area contributed by atoms with Crippen LogP contribution < -0.4 is 4.74 Å². The van der Waals surface area contributed by atoms with Crippen LogP contribution in [-0.4, -0.2) is 112 Å². The zero-order valence-corrected chi connectivity index (χ0v) is 75.6. The number of sulfonamides is 1. The van der Waals surface area contributed by atoms with E-state index in [1.165, 1.54) is 74.4 Å². The van der Waals surface area contributed by atoms with E-state index in [4.69, 9.17) is 14.2 Å². The second-order valence-electron chi connectivity index (χ2n) is 33.3. The number of esters is 4. The highest BCUT2D eigenvalue weighted by Crippen LogP contribution is 2.62. The van der Waals surface area contributed by atoms with E-state index in [-0.39, 0.29) is 119 Å². The zero-order chi connectivity index (χ0) is 91.2. The van der Waals surface area contributed by atoms with E-state index < -0.39 is 71.8 Å². The lowest BCUT2D eigenvalue weighted by atomic mass is 9.48. The van der Waals surface area contributed by atoms with E-state index in [0.29, 0.717) is 68.6 Å². The fraction of sp³-hybridized carbons (Fsp3) is 0.330. The summed E-state index contributed by atoms with van der Waals surface area (Å²) < 4.78 is 134. The highest BCUT2D eigenvalue weighted by Gasteiger charge is 2.60. The molecule has 8 bridgehead atoms. The average Bonchev–Trinajstić information content (AvgIpc) is 0.728. The van der Waals surface area contributed by atoms with Crippen molar-refractivity contribution in [2.45, 2.75) is 191 Å². The monoisotopic (exact) mass is 1850 g/mol. The van der Waals surface area contributed by atoms with Crippen LogP contribution in [0, 0.1) is 40.4 Å². The molecule has 0 aromatic heterocycles. The largest absolute Gasteiger partial charge is 0.743 e. The molecule has 0 heterocycles. The van der Waals surface area contributed by atoms with Crippen molar-refractivity contribution in [3.63, 3.8) is 0 Å². The van der Waals surface area contributed by atoms with Crippen molar-refractivity contribution in [3.05, 3.63) is 326 Å². The Labute approximate surface area is 766 Å². The number of ether oxygens (including phenoxy) is 4. The Balaban J connectivity index is 0.000000178. The predicted octanol–water partition coefficient (Wildman–Crippen LogP) is 22.8. The Morgan fingerprint density at radius 3 is 1.22 bits per heavy atom. The summed E-state index contributed by atoms with van der Waals surface area (Å²) in [6.45, 7) is 13.4. The van der Waals surface area contributed by atoms with E-state index >= 15 is 0 Å². The first-order valence-corrected chi connectivity index (χ1v) is 48.5. The number of halogens is 4. The van der Waals surface area contributed by atoms with Gasteiger partial charge in [-0.2, -0.15) is 24.6 Å². The van der Waals surface area contributed by atoms with Crippen LogP contribution in [0.5, 0.6) is 5.75 Å². The molecule has 129 heavy (non-hydrogen) atoms. The standard InChI is InChI=1S/C24H25O2S.C21H22F2NO5S.2C18H15S.C13H18F2O6S.C7H12NO2.2CH4/c1-4-24(2,3)23(25)26-19-15-17-22(18-16-19)27(20-11-7-5-8-12-20)21-13-9-6-10-14-21;1-2-13-3-5-17(6-4-13)30(27,28)24-12-21(22,23)19(26)29-20-9-14-7-15(10-20)18(25)16(8-14)11-20;2*1-4-10-16(11-5-1)19(17-12-6-2-7-13-17)18-14-8-3-9-15-18;14-13(15,22(18,19)20)10(16)21-7-11-2-8-1-9(3-11)5-12(17,4-8)6-11;1-6(2)7(9)10-5-4-8-3;;/h5-18H,4H2,1-3H3;2-6,14-16H,1,7-12H2;2*1-15H;8-9,17H,1-7H2,(H,18,19,20);1,4-5H2,2-3H3;2*1H4/q+1;-1;2*+1;;-1;;/p-1.